The topological polar surface area (TPSA) is 66.8 Å². The van der Waals surface area contributed by atoms with Crippen LogP contribution in [0.5, 0.6) is 11.5 Å². The maximum atomic E-state index is 11.5. The summed E-state index contributed by atoms with van der Waals surface area (Å²) in [4.78, 5) is 11.5. The van der Waals surface area contributed by atoms with Crippen molar-refractivity contribution in [2.24, 2.45) is 5.92 Å². The highest BCUT2D eigenvalue weighted by Gasteiger charge is 2.48. The molecule has 1 aliphatic carbocycles. The van der Waals surface area contributed by atoms with Crippen LogP contribution in [0.3, 0.4) is 0 Å². The third-order valence-corrected chi connectivity index (χ3v) is 3.62. The summed E-state index contributed by atoms with van der Waals surface area (Å²) in [5.41, 5.74) is -0.283. The summed E-state index contributed by atoms with van der Waals surface area (Å²) in [5, 5.41) is 19.1. The average Bonchev–Trinajstić information content (AvgIpc) is 3.11. The van der Waals surface area contributed by atoms with E-state index in [1.165, 1.54) is 13.2 Å². The molecule has 17 heavy (non-hydrogen) atoms. The number of methoxy groups -OCH3 is 1. The van der Waals surface area contributed by atoms with Gasteiger partial charge in [-0.2, -0.15) is 0 Å². The van der Waals surface area contributed by atoms with Gasteiger partial charge in [0.15, 0.2) is 11.5 Å². The molecule has 2 rings (SSSR count). The Labute approximate surface area is 99.8 Å². The highest BCUT2D eigenvalue weighted by Crippen LogP contribution is 2.48. The summed E-state index contributed by atoms with van der Waals surface area (Å²) in [6, 6.07) is 4.81. The SMILES string of the molecule is COc1ccc(C(C)(C(=O)O)C2CC2)cc1O. The minimum Gasteiger partial charge on any atom is -0.504 e. The van der Waals surface area contributed by atoms with Gasteiger partial charge in [-0.05, 0) is 43.4 Å². The number of carboxylic acids is 1. The van der Waals surface area contributed by atoms with Crippen LogP contribution in [0, 0.1) is 5.92 Å². The standard InChI is InChI=1S/C13H16O4/c1-13(12(15)16,8-3-4-8)9-5-6-11(17-2)10(14)7-9/h5-8,14H,3-4H2,1-2H3,(H,15,16). The van der Waals surface area contributed by atoms with Gasteiger partial charge in [0.1, 0.15) is 0 Å². The third-order valence-electron chi connectivity index (χ3n) is 3.62. The number of aromatic hydroxyl groups is 1. The van der Waals surface area contributed by atoms with E-state index in [2.05, 4.69) is 0 Å². The van der Waals surface area contributed by atoms with Gasteiger partial charge in [0.2, 0.25) is 0 Å². The van der Waals surface area contributed by atoms with Gasteiger partial charge in [-0.3, -0.25) is 4.79 Å². The molecule has 2 N–H and O–H groups in total. The first-order valence-electron chi connectivity index (χ1n) is 5.61. The van der Waals surface area contributed by atoms with Crippen LogP contribution in [-0.4, -0.2) is 23.3 Å². The fraction of sp³-hybridized carbons (Fsp3) is 0.462. The van der Waals surface area contributed by atoms with Crippen molar-refractivity contribution < 1.29 is 19.7 Å². The van der Waals surface area contributed by atoms with Gasteiger partial charge in [-0.15, -0.1) is 0 Å². The molecule has 1 saturated carbocycles. The molecule has 0 heterocycles. The molecule has 0 aromatic heterocycles. The number of rotatable bonds is 4. The zero-order valence-electron chi connectivity index (χ0n) is 9.93. The largest absolute Gasteiger partial charge is 0.504 e. The quantitative estimate of drug-likeness (QED) is 0.840. The zero-order valence-corrected chi connectivity index (χ0v) is 9.93. The first-order chi connectivity index (χ1) is 8.00. The lowest BCUT2D eigenvalue weighted by Gasteiger charge is -2.25. The van der Waals surface area contributed by atoms with E-state index in [-0.39, 0.29) is 11.7 Å². The normalized spacial score (nSPS) is 18.5. The van der Waals surface area contributed by atoms with Crippen LogP contribution in [0.25, 0.3) is 0 Å². The molecule has 0 bridgehead atoms. The molecule has 1 aromatic rings. The van der Waals surface area contributed by atoms with Crippen LogP contribution < -0.4 is 4.74 Å². The molecule has 4 nitrogen and oxygen atoms in total. The van der Waals surface area contributed by atoms with Crippen LogP contribution in [0.1, 0.15) is 25.3 Å². The van der Waals surface area contributed by atoms with Gasteiger partial charge in [-0.1, -0.05) is 6.07 Å². The number of phenols is 1. The first-order valence-corrected chi connectivity index (χ1v) is 5.61. The first kappa shape index (κ1) is 11.8. The van der Waals surface area contributed by atoms with E-state index in [9.17, 15) is 15.0 Å². The summed E-state index contributed by atoms with van der Waals surface area (Å²) < 4.78 is 4.95. The molecule has 0 saturated heterocycles. The maximum Gasteiger partial charge on any atom is 0.314 e. The number of carbonyl (C=O) groups is 1. The molecule has 0 radical (unpaired) electrons. The van der Waals surface area contributed by atoms with Crippen molar-refractivity contribution in [3.8, 4) is 11.5 Å². The Morgan fingerprint density at radius 1 is 1.47 bits per heavy atom. The molecule has 1 unspecified atom stereocenters. The molecule has 1 aromatic carbocycles. The Kier molecular flexibility index (Phi) is 2.73. The Bertz CT molecular complexity index is 451. The van der Waals surface area contributed by atoms with Crippen LogP contribution in [0.4, 0.5) is 0 Å². The number of aliphatic carboxylic acids is 1. The summed E-state index contributed by atoms with van der Waals surface area (Å²) >= 11 is 0. The Balaban J connectivity index is 2.44. The minimum absolute atomic E-state index is 0.0156. The number of benzene rings is 1. The van der Waals surface area contributed by atoms with Gasteiger partial charge in [0.25, 0.3) is 0 Å². The van der Waals surface area contributed by atoms with E-state index in [0.717, 1.165) is 12.8 Å². The molecule has 4 heteroatoms. The van der Waals surface area contributed by atoms with Crippen molar-refractivity contribution in [2.75, 3.05) is 7.11 Å². The van der Waals surface area contributed by atoms with Crippen LogP contribution in [0.15, 0.2) is 18.2 Å². The number of hydrogen-bond acceptors (Lipinski definition) is 3. The van der Waals surface area contributed by atoms with E-state index < -0.39 is 11.4 Å². The summed E-state index contributed by atoms with van der Waals surface area (Å²) in [6.07, 6.45) is 1.85. The van der Waals surface area contributed by atoms with Crippen molar-refractivity contribution in [3.63, 3.8) is 0 Å². The highest BCUT2D eigenvalue weighted by atomic mass is 16.5. The predicted octanol–water partition coefficient (Wildman–Crippen LogP) is 2.15. The lowest BCUT2D eigenvalue weighted by molar-refractivity contribution is -0.144. The average molecular weight is 236 g/mol. The second-order valence-electron chi connectivity index (χ2n) is 4.67. The van der Waals surface area contributed by atoms with E-state index >= 15 is 0 Å². The fourth-order valence-electron chi connectivity index (χ4n) is 2.21. The van der Waals surface area contributed by atoms with E-state index in [4.69, 9.17) is 4.74 Å². The van der Waals surface area contributed by atoms with Crippen molar-refractivity contribution >= 4 is 5.97 Å². The van der Waals surface area contributed by atoms with Crippen molar-refractivity contribution in [1.29, 1.82) is 0 Å². The molecule has 1 fully saturated rings. The smallest absolute Gasteiger partial charge is 0.314 e. The number of carboxylic acid groups (broad SMARTS) is 1. The minimum atomic E-state index is -0.913. The summed E-state index contributed by atoms with van der Waals surface area (Å²) in [6.45, 7) is 1.72. The molecule has 0 amide bonds. The Morgan fingerprint density at radius 2 is 2.12 bits per heavy atom. The Morgan fingerprint density at radius 3 is 2.53 bits per heavy atom. The van der Waals surface area contributed by atoms with Gasteiger partial charge in [0, 0.05) is 0 Å². The maximum absolute atomic E-state index is 11.5. The van der Waals surface area contributed by atoms with E-state index in [1.807, 2.05) is 0 Å². The lowest BCUT2D eigenvalue weighted by atomic mass is 9.78. The molecular weight excluding hydrogens is 220 g/mol. The van der Waals surface area contributed by atoms with Crippen LogP contribution >= 0.6 is 0 Å². The third kappa shape index (κ3) is 1.84. The highest BCUT2D eigenvalue weighted by molar-refractivity contribution is 5.82. The van der Waals surface area contributed by atoms with Gasteiger partial charge >= 0.3 is 5.97 Å². The number of ether oxygens (including phenoxy) is 1. The van der Waals surface area contributed by atoms with Gasteiger partial charge in [-0.25, -0.2) is 0 Å². The zero-order chi connectivity index (χ0) is 12.6. The van der Waals surface area contributed by atoms with Crippen molar-refractivity contribution in [2.45, 2.75) is 25.2 Å². The second-order valence-corrected chi connectivity index (χ2v) is 4.67. The Hall–Kier alpha value is -1.71. The van der Waals surface area contributed by atoms with E-state index in [1.54, 1.807) is 19.1 Å². The summed E-state index contributed by atoms with van der Waals surface area (Å²) in [7, 11) is 1.46. The number of hydrogen-bond donors (Lipinski definition) is 2. The molecular formula is C13H16O4. The number of phenolic OH excluding ortho intramolecular Hbond substituents is 1. The summed E-state index contributed by atoms with van der Waals surface area (Å²) in [5.74, 6) is -0.340. The van der Waals surface area contributed by atoms with Gasteiger partial charge in [0.05, 0.1) is 12.5 Å². The predicted molar refractivity (Wildman–Crippen MR) is 62.4 cm³/mol. The van der Waals surface area contributed by atoms with Gasteiger partial charge < -0.3 is 14.9 Å². The van der Waals surface area contributed by atoms with E-state index in [0.29, 0.717) is 11.3 Å². The van der Waals surface area contributed by atoms with Crippen LogP contribution in [0.2, 0.25) is 0 Å². The molecule has 1 atom stereocenters. The second kappa shape index (κ2) is 3.95. The molecule has 0 spiro atoms. The molecule has 92 valence electrons. The van der Waals surface area contributed by atoms with Crippen molar-refractivity contribution in [1.82, 2.24) is 0 Å². The molecule has 0 aliphatic heterocycles. The monoisotopic (exact) mass is 236 g/mol. The fourth-order valence-corrected chi connectivity index (χ4v) is 2.21. The molecule has 1 aliphatic rings. The van der Waals surface area contributed by atoms with Crippen LogP contribution in [-0.2, 0) is 10.2 Å². The lowest BCUT2D eigenvalue weighted by Crippen LogP contribution is -2.34. The van der Waals surface area contributed by atoms with Crippen molar-refractivity contribution in [3.05, 3.63) is 23.8 Å².